The minimum absolute atomic E-state index is 0.0276. The SMILES string of the molecule is CC1(C)COC(=O)N1CC1(C2CCCCC2)CCN(C(=O)[C@@H]2C[C@H](N)CC2c2ccc(F)cc2F)CC1. The predicted molar refractivity (Wildman–Crippen MR) is 137 cm³/mol. The largest absolute Gasteiger partial charge is 0.447 e. The van der Waals surface area contributed by atoms with E-state index in [1.807, 2.05) is 9.80 Å². The number of hydrogen-bond donors (Lipinski definition) is 1. The predicted octanol–water partition coefficient (Wildman–Crippen LogP) is 5.21. The van der Waals surface area contributed by atoms with Crippen LogP contribution in [0, 0.1) is 28.9 Å². The van der Waals surface area contributed by atoms with Crippen LogP contribution in [0.1, 0.15) is 83.1 Å². The third kappa shape index (κ3) is 5.10. The Morgan fingerprint density at radius 2 is 1.81 bits per heavy atom. The van der Waals surface area contributed by atoms with E-state index in [-0.39, 0.29) is 34.9 Å². The van der Waals surface area contributed by atoms with Crippen molar-refractivity contribution in [2.24, 2.45) is 23.0 Å². The molecule has 37 heavy (non-hydrogen) atoms. The van der Waals surface area contributed by atoms with Crippen molar-refractivity contribution in [1.29, 1.82) is 0 Å². The Bertz CT molecular complexity index is 1020. The standard InChI is InChI=1S/C29H41F2N3O3/c1-28(2)18-37-27(36)34(28)17-29(19-6-4-3-5-7-19)10-12-33(13-11-29)26(35)24-16-21(32)15-23(24)22-9-8-20(30)14-25(22)31/h8-9,14,19,21,23-24H,3-7,10-13,15-18,32H2,1-2H3/t21-,23?,24-/m1/s1. The van der Waals surface area contributed by atoms with Crippen LogP contribution in [0.3, 0.4) is 0 Å². The third-order valence-corrected chi connectivity index (χ3v) is 9.79. The van der Waals surface area contributed by atoms with E-state index in [2.05, 4.69) is 13.8 Å². The number of rotatable bonds is 5. The van der Waals surface area contributed by atoms with Gasteiger partial charge in [-0.1, -0.05) is 25.3 Å². The van der Waals surface area contributed by atoms with Crippen LogP contribution in [-0.2, 0) is 9.53 Å². The lowest BCUT2D eigenvalue weighted by Crippen LogP contribution is -2.55. The number of amides is 2. The molecule has 2 heterocycles. The summed E-state index contributed by atoms with van der Waals surface area (Å²) in [5.74, 6) is -1.40. The molecule has 0 bridgehead atoms. The number of carbonyl (C=O) groups is 2. The van der Waals surface area contributed by atoms with E-state index >= 15 is 0 Å². The smallest absolute Gasteiger partial charge is 0.410 e. The molecule has 2 N–H and O–H groups in total. The molecule has 1 unspecified atom stereocenters. The number of piperidine rings is 1. The van der Waals surface area contributed by atoms with Crippen molar-refractivity contribution in [3.63, 3.8) is 0 Å². The van der Waals surface area contributed by atoms with Crippen molar-refractivity contribution < 1.29 is 23.1 Å². The van der Waals surface area contributed by atoms with Crippen LogP contribution >= 0.6 is 0 Å². The van der Waals surface area contributed by atoms with Crippen LogP contribution in [-0.4, -0.2) is 59.6 Å². The number of nitrogens with zero attached hydrogens (tertiary/aromatic N) is 2. The number of carbonyl (C=O) groups excluding carboxylic acids is 2. The topological polar surface area (TPSA) is 75.9 Å². The number of nitrogens with two attached hydrogens (primary N) is 1. The van der Waals surface area contributed by atoms with E-state index < -0.39 is 17.6 Å². The quantitative estimate of drug-likeness (QED) is 0.582. The maximum atomic E-state index is 14.7. The number of cyclic esters (lactones) is 1. The van der Waals surface area contributed by atoms with Crippen molar-refractivity contribution in [3.05, 3.63) is 35.4 Å². The zero-order chi connectivity index (χ0) is 26.4. The summed E-state index contributed by atoms with van der Waals surface area (Å²) < 4.78 is 33.6. The Kier molecular flexibility index (Phi) is 7.24. The van der Waals surface area contributed by atoms with Gasteiger partial charge in [0, 0.05) is 37.7 Å². The molecule has 2 aliphatic heterocycles. The lowest BCUT2D eigenvalue weighted by atomic mass is 9.63. The van der Waals surface area contributed by atoms with Gasteiger partial charge in [-0.05, 0) is 81.3 Å². The van der Waals surface area contributed by atoms with Crippen LogP contribution in [0.5, 0.6) is 0 Å². The normalized spacial score (nSPS) is 30.0. The van der Waals surface area contributed by atoms with Crippen LogP contribution in [0.15, 0.2) is 18.2 Å². The van der Waals surface area contributed by atoms with Crippen LogP contribution in [0.2, 0.25) is 0 Å². The summed E-state index contributed by atoms with van der Waals surface area (Å²) >= 11 is 0. The van der Waals surface area contributed by atoms with Crippen LogP contribution in [0.25, 0.3) is 0 Å². The molecule has 2 aliphatic carbocycles. The van der Waals surface area contributed by atoms with Gasteiger partial charge in [-0.2, -0.15) is 0 Å². The molecule has 204 valence electrons. The molecule has 1 aromatic carbocycles. The van der Waals surface area contributed by atoms with Gasteiger partial charge < -0.3 is 15.4 Å². The first-order chi connectivity index (χ1) is 17.6. The molecule has 5 rings (SSSR count). The van der Waals surface area contributed by atoms with E-state index in [1.165, 1.54) is 44.2 Å². The first-order valence-corrected chi connectivity index (χ1v) is 14.0. The van der Waals surface area contributed by atoms with Crippen molar-refractivity contribution in [1.82, 2.24) is 9.80 Å². The molecule has 0 aromatic heterocycles. The molecule has 0 spiro atoms. The molecular weight excluding hydrogens is 476 g/mol. The average Bonchev–Trinajstić information content (AvgIpc) is 3.38. The van der Waals surface area contributed by atoms with Gasteiger partial charge in [0.1, 0.15) is 18.2 Å². The molecule has 2 saturated heterocycles. The number of benzene rings is 1. The third-order valence-electron chi connectivity index (χ3n) is 9.79. The first-order valence-electron chi connectivity index (χ1n) is 14.0. The Hall–Kier alpha value is -2.22. The van der Waals surface area contributed by atoms with Gasteiger partial charge in [0.05, 0.1) is 5.54 Å². The summed E-state index contributed by atoms with van der Waals surface area (Å²) in [6, 6.07) is 3.44. The minimum Gasteiger partial charge on any atom is -0.447 e. The van der Waals surface area contributed by atoms with E-state index in [0.29, 0.717) is 50.6 Å². The maximum absolute atomic E-state index is 14.7. The number of halogens is 2. The highest BCUT2D eigenvalue weighted by Crippen LogP contribution is 2.49. The fraction of sp³-hybridized carbons (Fsp3) is 0.724. The van der Waals surface area contributed by atoms with Gasteiger partial charge in [0.2, 0.25) is 5.91 Å². The van der Waals surface area contributed by atoms with Crippen molar-refractivity contribution >= 4 is 12.0 Å². The van der Waals surface area contributed by atoms with E-state index in [4.69, 9.17) is 10.5 Å². The summed E-state index contributed by atoms with van der Waals surface area (Å²) in [5, 5.41) is 0. The maximum Gasteiger partial charge on any atom is 0.410 e. The molecule has 2 saturated carbocycles. The minimum atomic E-state index is -0.619. The van der Waals surface area contributed by atoms with Crippen LogP contribution < -0.4 is 5.73 Å². The Labute approximate surface area is 218 Å². The second-order valence-corrected chi connectivity index (χ2v) is 12.6. The molecule has 8 heteroatoms. The van der Waals surface area contributed by atoms with E-state index in [9.17, 15) is 18.4 Å². The monoisotopic (exact) mass is 517 g/mol. The number of ether oxygens (including phenoxy) is 1. The summed E-state index contributed by atoms with van der Waals surface area (Å²) in [7, 11) is 0. The van der Waals surface area contributed by atoms with Crippen molar-refractivity contribution in [2.75, 3.05) is 26.2 Å². The Morgan fingerprint density at radius 1 is 1.11 bits per heavy atom. The number of likely N-dealkylation sites (tertiary alicyclic amines) is 1. The average molecular weight is 518 g/mol. The van der Waals surface area contributed by atoms with E-state index in [0.717, 1.165) is 18.9 Å². The molecule has 4 fully saturated rings. The zero-order valence-electron chi connectivity index (χ0n) is 22.2. The van der Waals surface area contributed by atoms with Gasteiger partial charge in [-0.25, -0.2) is 13.6 Å². The van der Waals surface area contributed by atoms with Crippen molar-refractivity contribution in [2.45, 2.75) is 89.1 Å². The van der Waals surface area contributed by atoms with Gasteiger partial charge in [-0.3, -0.25) is 9.69 Å². The fourth-order valence-electron chi connectivity index (χ4n) is 7.55. The van der Waals surface area contributed by atoms with Gasteiger partial charge in [-0.15, -0.1) is 0 Å². The number of hydrogen-bond acceptors (Lipinski definition) is 4. The second kappa shape index (κ2) is 10.2. The van der Waals surface area contributed by atoms with Gasteiger partial charge in [0.15, 0.2) is 0 Å². The Balaban J connectivity index is 1.33. The first kappa shape index (κ1) is 26.4. The molecule has 6 nitrogen and oxygen atoms in total. The summed E-state index contributed by atoms with van der Waals surface area (Å²) in [6.45, 7) is 6.45. The Morgan fingerprint density at radius 3 is 2.43 bits per heavy atom. The van der Waals surface area contributed by atoms with Crippen molar-refractivity contribution in [3.8, 4) is 0 Å². The second-order valence-electron chi connectivity index (χ2n) is 12.6. The zero-order valence-corrected chi connectivity index (χ0v) is 22.2. The van der Waals surface area contributed by atoms with Gasteiger partial charge in [0.25, 0.3) is 0 Å². The highest BCUT2D eigenvalue weighted by atomic mass is 19.1. The molecular formula is C29H41F2N3O3. The summed E-state index contributed by atoms with van der Waals surface area (Å²) in [4.78, 5) is 30.3. The highest BCUT2D eigenvalue weighted by Gasteiger charge is 2.50. The molecule has 1 aromatic rings. The molecule has 2 amide bonds. The lowest BCUT2D eigenvalue weighted by molar-refractivity contribution is -0.139. The highest BCUT2D eigenvalue weighted by molar-refractivity contribution is 5.80. The lowest BCUT2D eigenvalue weighted by Gasteiger charge is -2.51. The van der Waals surface area contributed by atoms with Gasteiger partial charge >= 0.3 is 6.09 Å². The van der Waals surface area contributed by atoms with Crippen LogP contribution in [0.4, 0.5) is 13.6 Å². The molecule has 0 radical (unpaired) electrons. The summed E-state index contributed by atoms with van der Waals surface area (Å²) in [6.07, 6.45) is 8.52. The van der Waals surface area contributed by atoms with E-state index in [1.54, 1.807) is 0 Å². The fourth-order valence-corrected chi connectivity index (χ4v) is 7.55. The molecule has 3 atom stereocenters. The summed E-state index contributed by atoms with van der Waals surface area (Å²) in [5.41, 5.74) is 6.27. The molecule has 4 aliphatic rings.